The molecule has 2 unspecified atom stereocenters. The van der Waals surface area contributed by atoms with Crippen LogP contribution in [-0.2, 0) is 4.79 Å². The first-order valence-electron chi connectivity index (χ1n) is 7.95. The third-order valence-electron chi connectivity index (χ3n) is 4.51. The first-order valence-corrected chi connectivity index (χ1v) is 7.95. The van der Waals surface area contributed by atoms with Crippen LogP contribution in [0.4, 0.5) is 11.4 Å². The third kappa shape index (κ3) is 2.91. The van der Waals surface area contributed by atoms with Gasteiger partial charge in [-0.3, -0.25) is 4.79 Å². The zero-order chi connectivity index (χ0) is 15.6. The van der Waals surface area contributed by atoms with Crippen LogP contribution in [0.5, 0.6) is 0 Å². The van der Waals surface area contributed by atoms with Crippen LogP contribution in [0.25, 0.3) is 0 Å². The van der Waals surface area contributed by atoms with E-state index >= 15 is 0 Å². The Kier molecular flexibility index (Phi) is 4.88. The Morgan fingerprint density at radius 3 is 2.71 bits per heavy atom. The highest BCUT2D eigenvalue weighted by Gasteiger charge is 2.32. The second-order valence-electron chi connectivity index (χ2n) is 5.92. The predicted molar refractivity (Wildman–Crippen MR) is 88.8 cm³/mol. The molecule has 0 saturated heterocycles. The summed E-state index contributed by atoms with van der Waals surface area (Å²) in [6.07, 6.45) is 3.46. The summed E-state index contributed by atoms with van der Waals surface area (Å²) in [6, 6.07) is 6.21. The normalized spacial score (nSPS) is 18.8. The molecule has 0 aromatic heterocycles. The van der Waals surface area contributed by atoms with E-state index in [1.54, 1.807) is 11.9 Å². The minimum atomic E-state index is -0.508. The predicted octanol–water partition coefficient (Wildman–Crippen LogP) is 3.07. The number of nitrogens with two attached hydrogens (primary N) is 1. The molecule has 0 spiro atoms. The van der Waals surface area contributed by atoms with Gasteiger partial charge in [0, 0.05) is 30.9 Å². The van der Waals surface area contributed by atoms with Gasteiger partial charge in [-0.1, -0.05) is 26.3 Å². The fourth-order valence-electron chi connectivity index (χ4n) is 2.88. The summed E-state index contributed by atoms with van der Waals surface area (Å²) < 4.78 is 0. The molecule has 116 valence electrons. The molecule has 1 aromatic carbocycles. The van der Waals surface area contributed by atoms with Gasteiger partial charge in [0.05, 0.1) is 5.69 Å². The number of fused-ring (bicyclic) bond motifs is 1. The smallest absolute Gasteiger partial charge is 0.248 e. The lowest BCUT2D eigenvalue weighted by atomic mass is 10.1. The molecule has 21 heavy (non-hydrogen) atoms. The van der Waals surface area contributed by atoms with Gasteiger partial charge in [-0.05, 0) is 31.9 Å². The monoisotopic (exact) mass is 289 g/mol. The molecule has 1 aliphatic rings. The summed E-state index contributed by atoms with van der Waals surface area (Å²) in [7, 11) is 1.80. The van der Waals surface area contributed by atoms with Gasteiger partial charge in [-0.15, -0.1) is 0 Å². The standard InChI is InChI=1S/C17H27N3O/c1-5-7-10-20(12(3)6-2)13-8-9-14-15(11-13)19(4)17(21)16(14)18/h8-9,11-12,16H,5-7,10,18H2,1-4H3. The van der Waals surface area contributed by atoms with Crippen LogP contribution in [0, 0.1) is 0 Å². The lowest BCUT2D eigenvalue weighted by molar-refractivity contribution is -0.118. The molecule has 1 amide bonds. The SMILES string of the molecule is CCCCN(c1ccc2c(c1)N(C)C(=O)C2N)C(C)CC. The average molecular weight is 289 g/mol. The third-order valence-corrected chi connectivity index (χ3v) is 4.51. The topological polar surface area (TPSA) is 49.6 Å². The minimum absolute atomic E-state index is 0.0224. The maximum atomic E-state index is 12.0. The molecule has 1 aliphatic heterocycles. The Morgan fingerprint density at radius 2 is 2.10 bits per heavy atom. The summed E-state index contributed by atoms with van der Waals surface area (Å²) >= 11 is 0. The summed E-state index contributed by atoms with van der Waals surface area (Å²) in [6.45, 7) is 7.73. The fourth-order valence-corrected chi connectivity index (χ4v) is 2.88. The van der Waals surface area contributed by atoms with Gasteiger partial charge < -0.3 is 15.5 Å². The lowest BCUT2D eigenvalue weighted by Crippen LogP contribution is -2.33. The first-order chi connectivity index (χ1) is 10.0. The molecule has 0 bridgehead atoms. The molecule has 2 rings (SSSR count). The van der Waals surface area contributed by atoms with Crippen LogP contribution in [0.15, 0.2) is 18.2 Å². The number of rotatable bonds is 6. The van der Waals surface area contributed by atoms with Crippen LogP contribution in [0.2, 0.25) is 0 Å². The van der Waals surface area contributed by atoms with E-state index in [0.29, 0.717) is 6.04 Å². The molecule has 4 nitrogen and oxygen atoms in total. The van der Waals surface area contributed by atoms with E-state index in [9.17, 15) is 4.79 Å². The van der Waals surface area contributed by atoms with Crippen LogP contribution in [-0.4, -0.2) is 25.5 Å². The molecule has 0 aliphatic carbocycles. The number of amides is 1. The maximum Gasteiger partial charge on any atom is 0.248 e. The number of likely N-dealkylation sites (N-methyl/N-ethyl adjacent to an activating group) is 1. The number of carbonyl (C=O) groups is 1. The molecule has 0 saturated carbocycles. The van der Waals surface area contributed by atoms with Crippen molar-refractivity contribution in [2.45, 2.75) is 52.1 Å². The van der Waals surface area contributed by atoms with Gasteiger partial charge in [0.1, 0.15) is 6.04 Å². The Hall–Kier alpha value is -1.55. The maximum absolute atomic E-state index is 12.0. The van der Waals surface area contributed by atoms with Crippen molar-refractivity contribution in [2.24, 2.45) is 5.73 Å². The van der Waals surface area contributed by atoms with Gasteiger partial charge >= 0.3 is 0 Å². The highest BCUT2D eigenvalue weighted by Crippen LogP contribution is 2.36. The molecule has 4 heteroatoms. The van der Waals surface area contributed by atoms with Crippen molar-refractivity contribution in [1.82, 2.24) is 0 Å². The number of unbranched alkanes of at least 4 members (excludes halogenated alkanes) is 1. The molecular weight excluding hydrogens is 262 g/mol. The van der Waals surface area contributed by atoms with Gasteiger partial charge in [-0.2, -0.15) is 0 Å². The zero-order valence-corrected chi connectivity index (χ0v) is 13.6. The van der Waals surface area contributed by atoms with Crippen LogP contribution >= 0.6 is 0 Å². The van der Waals surface area contributed by atoms with Gasteiger partial charge in [0.2, 0.25) is 5.91 Å². The number of benzene rings is 1. The Labute approximate surface area is 127 Å². The van der Waals surface area contributed by atoms with Gasteiger partial charge in [0.25, 0.3) is 0 Å². The zero-order valence-electron chi connectivity index (χ0n) is 13.6. The Morgan fingerprint density at radius 1 is 1.38 bits per heavy atom. The largest absolute Gasteiger partial charge is 0.369 e. The molecular formula is C17H27N3O. The van der Waals surface area contributed by atoms with E-state index in [2.05, 4.69) is 37.8 Å². The summed E-state index contributed by atoms with van der Waals surface area (Å²) in [4.78, 5) is 16.1. The van der Waals surface area contributed by atoms with Crippen LogP contribution < -0.4 is 15.5 Å². The summed E-state index contributed by atoms with van der Waals surface area (Å²) in [5.74, 6) is -0.0224. The van der Waals surface area contributed by atoms with Crippen molar-refractivity contribution in [3.63, 3.8) is 0 Å². The second kappa shape index (κ2) is 6.48. The molecule has 2 atom stereocenters. The van der Waals surface area contributed by atoms with Crippen molar-refractivity contribution in [3.05, 3.63) is 23.8 Å². The first kappa shape index (κ1) is 15.8. The summed E-state index contributed by atoms with van der Waals surface area (Å²) in [5, 5.41) is 0. The molecule has 1 heterocycles. The fraction of sp³-hybridized carbons (Fsp3) is 0.588. The van der Waals surface area contributed by atoms with E-state index in [4.69, 9.17) is 5.73 Å². The number of nitrogens with zero attached hydrogens (tertiary/aromatic N) is 2. The lowest BCUT2D eigenvalue weighted by Gasteiger charge is -2.31. The van der Waals surface area contributed by atoms with Crippen molar-refractivity contribution in [1.29, 1.82) is 0 Å². The second-order valence-corrected chi connectivity index (χ2v) is 5.92. The summed E-state index contributed by atoms with van der Waals surface area (Å²) in [5.41, 5.74) is 9.04. The molecule has 2 N–H and O–H groups in total. The van der Waals surface area contributed by atoms with E-state index < -0.39 is 6.04 Å². The van der Waals surface area contributed by atoms with E-state index in [1.165, 1.54) is 18.5 Å². The van der Waals surface area contributed by atoms with Crippen LogP contribution in [0.1, 0.15) is 51.6 Å². The van der Waals surface area contributed by atoms with Gasteiger partial charge in [0.15, 0.2) is 0 Å². The quantitative estimate of drug-likeness (QED) is 0.875. The molecule has 1 aromatic rings. The van der Waals surface area contributed by atoms with Gasteiger partial charge in [-0.25, -0.2) is 0 Å². The van der Waals surface area contributed by atoms with E-state index in [1.807, 2.05) is 6.07 Å². The van der Waals surface area contributed by atoms with E-state index in [0.717, 1.165) is 24.2 Å². The number of anilines is 2. The van der Waals surface area contributed by atoms with Crippen molar-refractivity contribution >= 4 is 17.3 Å². The average Bonchev–Trinajstić information content (AvgIpc) is 2.72. The highest BCUT2D eigenvalue weighted by atomic mass is 16.2. The van der Waals surface area contributed by atoms with Crippen molar-refractivity contribution in [2.75, 3.05) is 23.4 Å². The molecule has 0 fully saturated rings. The minimum Gasteiger partial charge on any atom is -0.369 e. The number of hydrogen-bond donors (Lipinski definition) is 1. The van der Waals surface area contributed by atoms with E-state index in [-0.39, 0.29) is 5.91 Å². The van der Waals surface area contributed by atoms with Crippen LogP contribution in [0.3, 0.4) is 0 Å². The van der Waals surface area contributed by atoms with Crippen molar-refractivity contribution in [3.8, 4) is 0 Å². The number of carbonyl (C=O) groups excluding carboxylic acids is 1. The van der Waals surface area contributed by atoms with Crippen molar-refractivity contribution < 1.29 is 4.79 Å². The Balaban J connectivity index is 2.33. The Bertz CT molecular complexity index is 515. The number of hydrogen-bond acceptors (Lipinski definition) is 3. The highest BCUT2D eigenvalue weighted by molar-refractivity contribution is 6.04. The molecule has 0 radical (unpaired) electrons.